The molecule has 2 bridgehead atoms. The van der Waals surface area contributed by atoms with Crippen molar-refractivity contribution in [3.05, 3.63) is 59.2 Å². The highest BCUT2D eigenvalue weighted by atomic mass is 16.7. The van der Waals surface area contributed by atoms with E-state index in [4.69, 9.17) is 14.2 Å². The summed E-state index contributed by atoms with van der Waals surface area (Å²) in [7, 11) is 1.69. The molecule has 0 unspecified atom stereocenters. The molecule has 7 heteroatoms. The van der Waals surface area contributed by atoms with Crippen molar-refractivity contribution in [2.75, 3.05) is 13.7 Å². The number of ketones is 1. The molecular formula is C33H45NO6. The normalized spacial score (nSPS) is 38.5. The van der Waals surface area contributed by atoms with Gasteiger partial charge >= 0.3 is 6.09 Å². The van der Waals surface area contributed by atoms with Crippen LogP contribution in [0, 0.1) is 28.6 Å². The molecule has 1 N–H and O–H groups in total. The van der Waals surface area contributed by atoms with Crippen LogP contribution in [0.4, 0.5) is 4.79 Å². The van der Waals surface area contributed by atoms with Crippen LogP contribution in [0.2, 0.25) is 0 Å². The maximum Gasteiger partial charge on any atom is 0.410 e. The molecule has 0 radical (unpaired) electrons. The van der Waals surface area contributed by atoms with Gasteiger partial charge in [0, 0.05) is 13.0 Å². The molecule has 8 atom stereocenters. The number of nitrogens with zero attached hydrogens (tertiary/aromatic N) is 1. The molecule has 1 saturated heterocycles. The maximum absolute atomic E-state index is 14.8. The van der Waals surface area contributed by atoms with Gasteiger partial charge in [-0.25, -0.2) is 4.79 Å². The SMILES string of the molecule is CC1=C[C@]23C(=O)[C@@H](C=C4COC(C)(C)O[C@H]4[C@]2(O)[C@H]1OC(=O)N(C)[C@@H](C)c1ccccc1)C(C)(C)[C@@H](C)C[C@H]3C. The zero-order valence-corrected chi connectivity index (χ0v) is 25.4. The molecule has 1 spiro atoms. The zero-order valence-electron chi connectivity index (χ0n) is 25.4. The summed E-state index contributed by atoms with van der Waals surface area (Å²) < 4.78 is 18.8. The number of aliphatic hydroxyl groups is 1. The second-order valence-corrected chi connectivity index (χ2v) is 13.7. The van der Waals surface area contributed by atoms with Gasteiger partial charge in [0.05, 0.1) is 18.1 Å². The van der Waals surface area contributed by atoms with Crippen LogP contribution in [0.25, 0.3) is 0 Å². The summed E-state index contributed by atoms with van der Waals surface area (Å²) in [5, 5.41) is 13.2. The molecule has 1 aromatic rings. The fraction of sp³-hybridized carbons (Fsp3) is 0.636. The third kappa shape index (κ3) is 4.03. The van der Waals surface area contributed by atoms with Crippen molar-refractivity contribution in [2.45, 2.75) is 91.4 Å². The molecular weight excluding hydrogens is 506 g/mol. The van der Waals surface area contributed by atoms with Crippen molar-refractivity contribution in [1.29, 1.82) is 0 Å². The highest BCUT2D eigenvalue weighted by Gasteiger charge is 2.74. The van der Waals surface area contributed by atoms with Crippen molar-refractivity contribution in [3.8, 4) is 0 Å². The van der Waals surface area contributed by atoms with Crippen LogP contribution < -0.4 is 0 Å². The Labute approximate surface area is 238 Å². The van der Waals surface area contributed by atoms with Gasteiger partial charge in [0.1, 0.15) is 6.10 Å². The summed E-state index contributed by atoms with van der Waals surface area (Å²) in [4.78, 5) is 30.1. The van der Waals surface area contributed by atoms with E-state index in [-0.39, 0.29) is 35.7 Å². The lowest BCUT2D eigenvalue weighted by Crippen LogP contribution is -2.68. The van der Waals surface area contributed by atoms with Crippen molar-refractivity contribution in [1.82, 2.24) is 4.90 Å². The van der Waals surface area contributed by atoms with Crippen molar-refractivity contribution in [3.63, 3.8) is 0 Å². The van der Waals surface area contributed by atoms with Crippen LogP contribution in [-0.4, -0.2) is 59.1 Å². The fourth-order valence-corrected chi connectivity index (χ4v) is 7.66. The number of ether oxygens (including phenoxy) is 3. The maximum atomic E-state index is 14.8. The number of Topliss-reactive ketones (excluding diaryl/α,β-unsaturated/α-hetero) is 1. The average Bonchev–Trinajstić information content (AvgIpc) is 3.06. The van der Waals surface area contributed by atoms with Gasteiger partial charge in [-0.05, 0) is 68.1 Å². The molecule has 1 aliphatic heterocycles. The van der Waals surface area contributed by atoms with E-state index in [0.717, 1.165) is 17.6 Å². The minimum atomic E-state index is -1.85. The van der Waals surface area contributed by atoms with Crippen molar-refractivity contribution >= 4 is 11.9 Å². The van der Waals surface area contributed by atoms with Gasteiger partial charge in [-0.1, -0.05) is 70.2 Å². The van der Waals surface area contributed by atoms with Crippen molar-refractivity contribution in [2.24, 2.45) is 28.6 Å². The minimum absolute atomic E-state index is 0.0379. The van der Waals surface area contributed by atoms with Gasteiger partial charge in [-0.2, -0.15) is 0 Å². The van der Waals surface area contributed by atoms with Crippen LogP contribution in [0.3, 0.4) is 0 Å². The predicted molar refractivity (Wildman–Crippen MR) is 152 cm³/mol. The fourth-order valence-electron chi connectivity index (χ4n) is 7.66. The number of hydrogen-bond donors (Lipinski definition) is 1. The number of rotatable bonds is 3. The summed E-state index contributed by atoms with van der Waals surface area (Å²) in [5.41, 5.74) is -1.14. The molecule has 5 rings (SSSR count). The smallest absolute Gasteiger partial charge is 0.410 e. The second kappa shape index (κ2) is 9.53. The number of allylic oxidation sites excluding steroid dienone is 1. The first-order chi connectivity index (χ1) is 18.6. The molecule has 7 nitrogen and oxygen atoms in total. The number of carbonyl (C=O) groups excluding carboxylic acids is 2. The van der Waals surface area contributed by atoms with Crippen LogP contribution in [0.15, 0.2) is 53.6 Å². The Kier molecular flexibility index (Phi) is 6.92. The third-order valence-corrected chi connectivity index (χ3v) is 10.7. The van der Waals surface area contributed by atoms with Gasteiger partial charge in [-0.15, -0.1) is 0 Å². The van der Waals surface area contributed by atoms with Gasteiger partial charge in [0.15, 0.2) is 23.3 Å². The Morgan fingerprint density at radius 1 is 1.12 bits per heavy atom. The summed E-state index contributed by atoms with van der Waals surface area (Å²) in [6.07, 6.45) is 2.10. The highest BCUT2D eigenvalue weighted by Crippen LogP contribution is 2.63. The molecule has 1 amide bonds. The standard InChI is InChI=1S/C33H45NO6/c1-19-17-32-21(3)15-20(2)30(5,6)25(26(32)35)16-24-18-38-31(7,8)40-28(24)33(32,37)27(19)39-29(36)34(9)22(4)23-13-11-10-12-14-23/h10-14,16-17,20-22,25,27-28,37H,15,18H2,1-9H3/t20-,21+,22-,25+,27-,28+,32-,33+/m0/s1. The Hall–Kier alpha value is -2.48. The van der Waals surface area contributed by atoms with E-state index in [1.165, 1.54) is 4.90 Å². The van der Waals surface area contributed by atoms with Crippen LogP contribution >= 0.6 is 0 Å². The molecule has 2 fully saturated rings. The van der Waals surface area contributed by atoms with Gasteiger partial charge in [0.2, 0.25) is 0 Å². The number of amides is 1. The predicted octanol–water partition coefficient (Wildman–Crippen LogP) is 5.84. The Morgan fingerprint density at radius 2 is 1.77 bits per heavy atom. The number of hydrogen-bond acceptors (Lipinski definition) is 6. The van der Waals surface area contributed by atoms with E-state index >= 15 is 0 Å². The van der Waals surface area contributed by atoms with Crippen LogP contribution in [0.5, 0.6) is 0 Å². The first-order valence-electron chi connectivity index (χ1n) is 14.5. The lowest BCUT2D eigenvalue weighted by Gasteiger charge is -2.52. The summed E-state index contributed by atoms with van der Waals surface area (Å²) in [6.45, 7) is 16.1. The van der Waals surface area contributed by atoms with Gasteiger partial charge in [-0.3, -0.25) is 4.79 Å². The van der Waals surface area contributed by atoms with E-state index in [2.05, 4.69) is 20.8 Å². The summed E-state index contributed by atoms with van der Waals surface area (Å²) >= 11 is 0. The molecule has 1 aromatic carbocycles. The van der Waals surface area contributed by atoms with Crippen LogP contribution in [-0.2, 0) is 19.0 Å². The molecule has 40 heavy (non-hydrogen) atoms. The number of carbonyl (C=O) groups is 2. The van der Waals surface area contributed by atoms with E-state index in [1.54, 1.807) is 7.05 Å². The molecule has 1 heterocycles. The number of fused-ring (bicyclic) bond motifs is 3. The molecule has 1 saturated carbocycles. The second-order valence-electron chi connectivity index (χ2n) is 13.7. The van der Waals surface area contributed by atoms with Gasteiger partial charge in [0.25, 0.3) is 0 Å². The summed E-state index contributed by atoms with van der Waals surface area (Å²) in [5.74, 6) is -1.49. The zero-order chi connectivity index (χ0) is 29.4. The third-order valence-electron chi connectivity index (χ3n) is 10.7. The Bertz CT molecular complexity index is 1250. The highest BCUT2D eigenvalue weighted by molar-refractivity contribution is 5.95. The van der Waals surface area contributed by atoms with Crippen LogP contribution in [0.1, 0.15) is 73.4 Å². The average molecular weight is 552 g/mol. The Morgan fingerprint density at radius 3 is 2.42 bits per heavy atom. The molecule has 3 aliphatic carbocycles. The van der Waals surface area contributed by atoms with Crippen molar-refractivity contribution < 1.29 is 28.9 Å². The Balaban J connectivity index is 1.63. The summed E-state index contributed by atoms with van der Waals surface area (Å²) in [6, 6.07) is 9.48. The van der Waals surface area contributed by atoms with E-state index < -0.39 is 41.0 Å². The quantitative estimate of drug-likeness (QED) is 0.475. The molecule has 0 aromatic heterocycles. The first kappa shape index (κ1) is 29.0. The molecule has 4 aliphatic rings. The topological polar surface area (TPSA) is 85.3 Å². The van der Waals surface area contributed by atoms with E-state index in [1.807, 2.05) is 77.1 Å². The van der Waals surface area contributed by atoms with Gasteiger partial charge < -0.3 is 24.2 Å². The number of benzene rings is 1. The van der Waals surface area contributed by atoms with E-state index in [9.17, 15) is 14.7 Å². The molecule has 218 valence electrons. The first-order valence-corrected chi connectivity index (χ1v) is 14.5. The monoisotopic (exact) mass is 551 g/mol. The minimum Gasteiger partial charge on any atom is -0.438 e. The lowest BCUT2D eigenvalue weighted by molar-refractivity contribution is -0.303. The largest absolute Gasteiger partial charge is 0.438 e. The lowest BCUT2D eigenvalue weighted by atomic mass is 9.59. The van der Waals surface area contributed by atoms with E-state index in [0.29, 0.717) is 5.57 Å².